The molecular weight excluding hydrogens is 266 g/mol. The van der Waals surface area contributed by atoms with Gasteiger partial charge in [0, 0.05) is 12.6 Å². The summed E-state index contributed by atoms with van der Waals surface area (Å²) in [5, 5.41) is 18.3. The summed E-state index contributed by atoms with van der Waals surface area (Å²) in [6, 6.07) is 0. The van der Waals surface area contributed by atoms with Gasteiger partial charge in [-0.3, -0.25) is 4.57 Å². The number of thioether (sulfide) groups is 1. The molecule has 2 rings (SSSR count). The standard InChI is InChI=1S/C9H12ClN3O3S/c10-4-2-13(9(16)12-8(4)11)7-1-5(15)6(3-14)17-7/h2,5-7,14-15H,1,3H2,(H2,11,12,16)/t5-,6+,7-/m0/s1. The summed E-state index contributed by atoms with van der Waals surface area (Å²) >= 11 is 7.13. The Morgan fingerprint density at radius 3 is 3.00 bits per heavy atom. The van der Waals surface area contributed by atoms with E-state index in [2.05, 4.69) is 4.98 Å². The van der Waals surface area contributed by atoms with E-state index in [1.807, 2.05) is 0 Å². The Labute approximate surface area is 106 Å². The van der Waals surface area contributed by atoms with Crippen LogP contribution in [-0.2, 0) is 0 Å². The molecule has 4 N–H and O–H groups in total. The minimum absolute atomic E-state index is 0.00447. The second kappa shape index (κ2) is 4.85. The Bertz CT molecular complexity index is 481. The molecule has 0 aromatic carbocycles. The molecule has 3 atom stereocenters. The van der Waals surface area contributed by atoms with Crippen molar-refractivity contribution < 1.29 is 10.2 Å². The van der Waals surface area contributed by atoms with Crippen LogP contribution >= 0.6 is 23.4 Å². The summed E-state index contributed by atoms with van der Waals surface area (Å²) in [6.45, 7) is -0.132. The number of halogens is 1. The molecule has 1 fully saturated rings. The molecule has 0 unspecified atom stereocenters. The van der Waals surface area contributed by atoms with Crippen molar-refractivity contribution in [2.75, 3.05) is 12.3 Å². The SMILES string of the molecule is Nc1nc(=O)n([C@@H]2C[C@H](O)[C@@H](CO)S2)cc1Cl. The number of aromatic nitrogens is 2. The van der Waals surface area contributed by atoms with Crippen molar-refractivity contribution in [3.05, 3.63) is 21.7 Å². The lowest BCUT2D eigenvalue weighted by Crippen LogP contribution is -2.26. The fourth-order valence-electron chi connectivity index (χ4n) is 1.71. The molecule has 94 valence electrons. The van der Waals surface area contributed by atoms with Crippen molar-refractivity contribution in [3.63, 3.8) is 0 Å². The molecular formula is C9H12ClN3O3S. The third-order valence-corrected chi connectivity index (χ3v) is 4.47. The minimum Gasteiger partial charge on any atom is -0.395 e. The Morgan fingerprint density at radius 2 is 2.41 bits per heavy atom. The molecule has 0 spiro atoms. The second-order valence-electron chi connectivity index (χ2n) is 3.78. The van der Waals surface area contributed by atoms with Gasteiger partial charge in [-0.25, -0.2) is 4.79 Å². The summed E-state index contributed by atoms with van der Waals surface area (Å²) in [4.78, 5) is 15.2. The number of nitrogen functional groups attached to an aromatic ring is 1. The lowest BCUT2D eigenvalue weighted by molar-refractivity contribution is 0.137. The number of hydrogen-bond acceptors (Lipinski definition) is 6. The van der Waals surface area contributed by atoms with Gasteiger partial charge in [-0.1, -0.05) is 11.6 Å². The monoisotopic (exact) mass is 277 g/mol. The molecule has 1 aromatic heterocycles. The Kier molecular flexibility index (Phi) is 3.62. The average Bonchev–Trinajstić information content (AvgIpc) is 2.65. The van der Waals surface area contributed by atoms with Crippen molar-refractivity contribution in [2.24, 2.45) is 0 Å². The Morgan fingerprint density at radius 1 is 1.71 bits per heavy atom. The van der Waals surface area contributed by atoms with Gasteiger partial charge in [-0.15, -0.1) is 11.8 Å². The Balaban J connectivity index is 2.30. The van der Waals surface area contributed by atoms with Crippen LogP contribution in [0.15, 0.2) is 11.0 Å². The van der Waals surface area contributed by atoms with E-state index in [9.17, 15) is 9.90 Å². The maximum Gasteiger partial charge on any atom is 0.350 e. The van der Waals surface area contributed by atoms with E-state index < -0.39 is 11.8 Å². The normalized spacial score (nSPS) is 28.5. The first-order valence-electron chi connectivity index (χ1n) is 5.01. The van der Waals surface area contributed by atoms with Crippen LogP contribution in [0.2, 0.25) is 5.02 Å². The largest absolute Gasteiger partial charge is 0.395 e. The predicted octanol–water partition coefficient (Wildman–Crippen LogP) is -0.164. The molecule has 0 saturated carbocycles. The molecule has 2 heterocycles. The molecule has 1 aliphatic rings. The van der Waals surface area contributed by atoms with Gasteiger partial charge in [-0.2, -0.15) is 4.98 Å². The minimum atomic E-state index is -0.641. The number of rotatable bonds is 2. The molecule has 1 saturated heterocycles. The summed E-state index contributed by atoms with van der Waals surface area (Å²) in [6.07, 6.45) is 1.15. The van der Waals surface area contributed by atoms with Gasteiger partial charge in [0.15, 0.2) is 0 Å². The fraction of sp³-hybridized carbons (Fsp3) is 0.556. The first kappa shape index (κ1) is 12.7. The van der Waals surface area contributed by atoms with E-state index in [1.54, 1.807) is 0 Å². The molecule has 8 heteroatoms. The van der Waals surface area contributed by atoms with E-state index >= 15 is 0 Å². The Hall–Kier alpha value is -0.760. The van der Waals surface area contributed by atoms with Crippen LogP contribution in [0, 0.1) is 0 Å². The maximum atomic E-state index is 11.6. The molecule has 0 radical (unpaired) electrons. The van der Waals surface area contributed by atoms with E-state index in [0.29, 0.717) is 6.42 Å². The average molecular weight is 278 g/mol. The number of aliphatic hydroxyl groups is 2. The maximum absolute atomic E-state index is 11.6. The first-order chi connectivity index (χ1) is 8.02. The van der Waals surface area contributed by atoms with Crippen molar-refractivity contribution >= 4 is 29.2 Å². The molecule has 6 nitrogen and oxygen atoms in total. The molecule has 1 aromatic rings. The summed E-state index contributed by atoms with van der Waals surface area (Å²) < 4.78 is 1.34. The van der Waals surface area contributed by atoms with Crippen LogP contribution in [0.4, 0.5) is 5.82 Å². The van der Waals surface area contributed by atoms with Crippen LogP contribution < -0.4 is 11.4 Å². The van der Waals surface area contributed by atoms with Crippen molar-refractivity contribution in [1.82, 2.24) is 9.55 Å². The van der Waals surface area contributed by atoms with Crippen molar-refractivity contribution in [2.45, 2.75) is 23.1 Å². The summed E-state index contributed by atoms with van der Waals surface area (Å²) in [7, 11) is 0. The molecule has 0 bridgehead atoms. The van der Waals surface area contributed by atoms with Crippen molar-refractivity contribution in [1.29, 1.82) is 0 Å². The third-order valence-electron chi connectivity index (χ3n) is 2.63. The first-order valence-corrected chi connectivity index (χ1v) is 6.33. The van der Waals surface area contributed by atoms with Crippen LogP contribution in [0.5, 0.6) is 0 Å². The summed E-state index contributed by atoms with van der Waals surface area (Å²) in [5.74, 6) is -0.00447. The lowest BCUT2D eigenvalue weighted by atomic mass is 10.2. The second-order valence-corrected chi connectivity index (χ2v) is 5.61. The predicted molar refractivity (Wildman–Crippen MR) is 66.0 cm³/mol. The lowest BCUT2D eigenvalue weighted by Gasteiger charge is -2.13. The molecule has 1 aliphatic heterocycles. The quantitative estimate of drug-likeness (QED) is 0.694. The van der Waals surface area contributed by atoms with Crippen LogP contribution in [-0.4, -0.2) is 37.7 Å². The van der Waals surface area contributed by atoms with Gasteiger partial charge in [0.25, 0.3) is 0 Å². The van der Waals surface area contributed by atoms with Crippen molar-refractivity contribution in [3.8, 4) is 0 Å². The highest BCUT2D eigenvalue weighted by Gasteiger charge is 2.34. The van der Waals surface area contributed by atoms with Gasteiger partial charge in [-0.05, 0) is 0 Å². The zero-order valence-corrected chi connectivity index (χ0v) is 10.4. The fourth-order valence-corrected chi connectivity index (χ4v) is 3.23. The van der Waals surface area contributed by atoms with Crippen LogP contribution in [0.25, 0.3) is 0 Å². The van der Waals surface area contributed by atoms with Gasteiger partial charge < -0.3 is 15.9 Å². The van der Waals surface area contributed by atoms with Gasteiger partial charge in [0.1, 0.15) is 5.82 Å². The van der Waals surface area contributed by atoms with Crippen LogP contribution in [0.3, 0.4) is 0 Å². The van der Waals surface area contributed by atoms with Crippen LogP contribution in [0.1, 0.15) is 11.8 Å². The number of nitrogens with zero attached hydrogens (tertiary/aromatic N) is 2. The zero-order chi connectivity index (χ0) is 12.6. The highest BCUT2D eigenvalue weighted by Crippen LogP contribution is 2.40. The molecule has 17 heavy (non-hydrogen) atoms. The number of nitrogens with two attached hydrogens (primary N) is 1. The topological polar surface area (TPSA) is 101 Å². The van der Waals surface area contributed by atoms with E-state index in [-0.39, 0.29) is 28.1 Å². The smallest absolute Gasteiger partial charge is 0.350 e. The number of aliphatic hydroxyl groups excluding tert-OH is 2. The number of hydrogen-bond donors (Lipinski definition) is 3. The van der Waals surface area contributed by atoms with Gasteiger partial charge >= 0.3 is 5.69 Å². The van der Waals surface area contributed by atoms with Gasteiger partial charge in [0.2, 0.25) is 0 Å². The summed E-state index contributed by atoms with van der Waals surface area (Å²) in [5.41, 5.74) is 4.91. The van der Waals surface area contributed by atoms with E-state index in [1.165, 1.54) is 22.5 Å². The van der Waals surface area contributed by atoms with E-state index in [4.69, 9.17) is 22.4 Å². The molecule has 0 amide bonds. The highest BCUT2D eigenvalue weighted by molar-refractivity contribution is 8.00. The third kappa shape index (κ3) is 2.42. The van der Waals surface area contributed by atoms with Gasteiger partial charge in [0.05, 0.1) is 28.4 Å². The molecule has 0 aliphatic carbocycles. The van der Waals surface area contributed by atoms with E-state index in [0.717, 1.165) is 0 Å². The highest BCUT2D eigenvalue weighted by atomic mass is 35.5. The number of anilines is 1. The zero-order valence-electron chi connectivity index (χ0n) is 8.78.